The van der Waals surface area contributed by atoms with Gasteiger partial charge >= 0.3 is 0 Å². The summed E-state index contributed by atoms with van der Waals surface area (Å²) in [5.74, 6) is 0. The molecule has 1 saturated heterocycles. The van der Waals surface area contributed by atoms with Crippen LogP contribution in [0, 0.1) is 0 Å². The standard InChI is InChI=1S/C11H25N3O2S/c1-10-6-4-5-9-14(10)17(15,16)13-11(2,3)7-8-12/h10,13H,4-9,12H2,1-3H3. The van der Waals surface area contributed by atoms with Crippen molar-refractivity contribution in [2.75, 3.05) is 13.1 Å². The fraction of sp³-hybridized carbons (Fsp3) is 1.00. The van der Waals surface area contributed by atoms with Crippen LogP contribution < -0.4 is 10.5 Å². The molecule has 1 aliphatic rings. The number of piperidine rings is 1. The van der Waals surface area contributed by atoms with E-state index in [0.717, 1.165) is 19.3 Å². The van der Waals surface area contributed by atoms with Crippen molar-refractivity contribution in [3.05, 3.63) is 0 Å². The zero-order chi connectivity index (χ0) is 13.1. The third-order valence-electron chi connectivity index (χ3n) is 3.23. The summed E-state index contributed by atoms with van der Waals surface area (Å²) in [6.45, 7) is 6.80. The van der Waals surface area contributed by atoms with E-state index in [9.17, 15) is 8.42 Å². The Morgan fingerprint density at radius 1 is 1.41 bits per heavy atom. The Kier molecular flexibility index (Phi) is 4.95. The first-order valence-corrected chi connectivity index (χ1v) is 7.73. The van der Waals surface area contributed by atoms with Gasteiger partial charge in [0.25, 0.3) is 10.2 Å². The third-order valence-corrected chi connectivity index (χ3v) is 5.20. The summed E-state index contributed by atoms with van der Waals surface area (Å²) in [7, 11) is -3.38. The lowest BCUT2D eigenvalue weighted by Crippen LogP contribution is -2.54. The molecule has 0 saturated carbocycles. The summed E-state index contributed by atoms with van der Waals surface area (Å²) in [5.41, 5.74) is 5.01. The summed E-state index contributed by atoms with van der Waals surface area (Å²) in [4.78, 5) is 0. The minimum absolute atomic E-state index is 0.0925. The molecule has 0 amide bonds. The Hall–Kier alpha value is -0.170. The lowest BCUT2D eigenvalue weighted by molar-refractivity contribution is 0.259. The Morgan fingerprint density at radius 2 is 2.06 bits per heavy atom. The second kappa shape index (κ2) is 5.65. The van der Waals surface area contributed by atoms with E-state index in [-0.39, 0.29) is 6.04 Å². The monoisotopic (exact) mass is 263 g/mol. The van der Waals surface area contributed by atoms with Crippen molar-refractivity contribution in [3.8, 4) is 0 Å². The van der Waals surface area contributed by atoms with Crippen molar-refractivity contribution in [2.24, 2.45) is 5.73 Å². The molecule has 0 aromatic carbocycles. The van der Waals surface area contributed by atoms with Gasteiger partial charge in [-0.3, -0.25) is 0 Å². The maximum Gasteiger partial charge on any atom is 0.280 e. The first-order chi connectivity index (χ1) is 7.78. The zero-order valence-electron chi connectivity index (χ0n) is 11.1. The highest BCUT2D eigenvalue weighted by atomic mass is 32.2. The van der Waals surface area contributed by atoms with Gasteiger partial charge in [0.2, 0.25) is 0 Å². The van der Waals surface area contributed by atoms with Crippen LogP contribution in [0.5, 0.6) is 0 Å². The van der Waals surface area contributed by atoms with E-state index < -0.39 is 15.7 Å². The van der Waals surface area contributed by atoms with Gasteiger partial charge in [-0.2, -0.15) is 17.4 Å². The van der Waals surface area contributed by atoms with Crippen LogP contribution >= 0.6 is 0 Å². The normalized spacial score (nSPS) is 23.9. The van der Waals surface area contributed by atoms with Gasteiger partial charge in [0.1, 0.15) is 0 Å². The third kappa shape index (κ3) is 4.21. The fourth-order valence-electron chi connectivity index (χ4n) is 2.25. The fourth-order valence-corrected chi connectivity index (χ4v) is 4.11. The second-order valence-corrected chi connectivity index (χ2v) is 7.11. The summed E-state index contributed by atoms with van der Waals surface area (Å²) in [6, 6.07) is 0.0925. The van der Waals surface area contributed by atoms with Gasteiger partial charge in [-0.1, -0.05) is 6.42 Å². The minimum Gasteiger partial charge on any atom is -0.330 e. The van der Waals surface area contributed by atoms with Gasteiger partial charge in [0.05, 0.1) is 0 Å². The zero-order valence-corrected chi connectivity index (χ0v) is 11.9. The average molecular weight is 263 g/mol. The molecule has 1 atom stereocenters. The molecule has 1 fully saturated rings. The highest BCUT2D eigenvalue weighted by molar-refractivity contribution is 7.87. The van der Waals surface area contributed by atoms with Gasteiger partial charge in [-0.05, 0) is 46.6 Å². The highest BCUT2D eigenvalue weighted by Gasteiger charge is 2.33. The number of nitrogens with two attached hydrogens (primary N) is 1. The Bertz CT molecular complexity index is 341. The molecule has 1 unspecified atom stereocenters. The molecule has 0 spiro atoms. The van der Waals surface area contributed by atoms with E-state index in [0.29, 0.717) is 19.5 Å². The number of nitrogens with zero attached hydrogens (tertiary/aromatic N) is 1. The molecule has 5 nitrogen and oxygen atoms in total. The van der Waals surface area contributed by atoms with E-state index in [2.05, 4.69) is 4.72 Å². The molecule has 1 rings (SSSR count). The summed E-state index contributed by atoms with van der Waals surface area (Å²) < 4.78 is 28.9. The number of rotatable bonds is 5. The number of nitrogens with one attached hydrogen (secondary N) is 1. The van der Waals surface area contributed by atoms with Crippen LogP contribution in [0.3, 0.4) is 0 Å². The number of hydrogen-bond acceptors (Lipinski definition) is 3. The first-order valence-electron chi connectivity index (χ1n) is 6.29. The van der Waals surface area contributed by atoms with Crippen molar-refractivity contribution in [1.29, 1.82) is 0 Å². The van der Waals surface area contributed by atoms with Gasteiger partial charge in [-0.15, -0.1) is 0 Å². The van der Waals surface area contributed by atoms with Crippen molar-refractivity contribution in [1.82, 2.24) is 9.03 Å². The van der Waals surface area contributed by atoms with Crippen LogP contribution in [0.4, 0.5) is 0 Å². The minimum atomic E-state index is -3.38. The molecule has 0 aromatic heterocycles. The van der Waals surface area contributed by atoms with Crippen molar-refractivity contribution < 1.29 is 8.42 Å². The van der Waals surface area contributed by atoms with Crippen LogP contribution in [-0.2, 0) is 10.2 Å². The van der Waals surface area contributed by atoms with Crippen LogP contribution in [0.2, 0.25) is 0 Å². The maximum atomic E-state index is 12.3. The Morgan fingerprint density at radius 3 is 2.59 bits per heavy atom. The van der Waals surface area contributed by atoms with Crippen molar-refractivity contribution in [2.45, 2.75) is 58.0 Å². The molecule has 0 radical (unpaired) electrons. The van der Waals surface area contributed by atoms with Gasteiger partial charge < -0.3 is 5.73 Å². The Labute approximate surface area is 105 Å². The van der Waals surface area contributed by atoms with Gasteiger partial charge in [0.15, 0.2) is 0 Å². The van der Waals surface area contributed by atoms with Crippen molar-refractivity contribution in [3.63, 3.8) is 0 Å². The molecule has 1 heterocycles. The predicted octanol–water partition coefficient (Wildman–Crippen LogP) is 0.823. The predicted molar refractivity (Wildman–Crippen MR) is 69.8 cm³/mol. The SMILES string of the molecule is CC1CCCCN1S(=O)(=O)NC(C)(C)CCN. The Balaban J connectivity index is 2.73. The highest BCUT2D eigenvalue weighted by Crippen LogP contribution is 2.21. The second-order valence-electron chi connectivity index (χ2n) is 5.49. The molecule has 3 N–H and O–H groups in total. The molecular formula is C11H25N3O2S. The maximum absolute atomic E-state index is 12.3. The van der Waals surface area contributed by atoms with Crippen LogP contribution in [0.25, 0.3) is 0 Å². The van der Waals surface area contributed by atoms with E-state index >= 15 is 0 Å². The summed E-state index contributed by atoms with van der Waals surface area (Å²) in [5, 5.41) is 0. The topological polar surface area (TPSA) is 75.4 Å². The molecule has 17 heavy (non-hydrogen) atoms. The van der Waals surface area contributed by atoms with E-state index in [1.807, 2.05) is 20.8 Å². The lowest BCUT2D eigenvalue weighted by atomic mass is 10.0. The van der Waals surface area contributed by atoms with Crippen LogP contribution in [0.1, 0.15) is 46.5 Å². The molecule has 6 heteroatoms. The molecule has 102 valence electrons. The largest absolute Gasteiger partial charge is 0.330 e. The molecule has 0 aliphatic carbocycles. The molecule has 1 aliphatic heterocycles. The quantitative estimate of drug-likeness (QED) is 0.771. The van der Waals surface area contributed by atoms with Crippen LogP contribution in [0.15, 0.2) is 0 Å². The van der Waals surface area contributed by atoms with Crippen molar-refractivity contribution >= 4 is 10.2 Å². The first kappa shape index (κ1) is 14.9. The van der Waals surface area contributed by atoms with Gasteiger partial charge in [-0.25, -0.2) is 0 Å². The molecule has 0 aromatic rings. The molecule has 0 bridgehead atoms. The summed E-state index contributed by atoms with van der Waals surface area (Å²) >= 11 is 0. The van der Waals surface area contributed by atoms with E-state index in [4.69, 9.17) is 5.73 Å². The van der Waals surface area contributed by atoms with E-state index in [1.54, 1.807) is 4.31 Å². The number of hydrogen-bond donors (Lipinski definition) is 2. The smallest absolute Gasteiger partial charge is 0.280 e. The molecular weight excluding hydrogens is 238 g/mol. The van der Waals surface area contributed by atoms with E-state index in [1.165, 1.54) is 0 Å². The summed E-state index contributed by atoms with van der Waals surface area (Å²) in [6.07, 6.45) is 3.63. The average Bonchev–Trinajstić information content (AvgIpc) is 2.15. The van der Waals surface area contributed by atoms with Crippen LogP contribution in [-0.4, -0.2) is 37.4 Å². The lowest BCUT2D eigenvalue weighted by Gasteiger charge is -2.35. The van der Waals surface area contributed by atoms with Gasteiger partial charge in [0, 0.05) is 18.1 Å².